The highest BCUT2D eigenvalue weighted by atomic mass is 79.9. The molecule has 0 saturated heterocycles. The van der Waals surface area contributed by atoms with Crippen molar-refractivity contribution in [3.8, 4) is 0 Å². The van der Waals surface area contributed by atoms with Crippen LogP contribution in [0.1, 0.15) is 21.7 Å². The molecule has 0 atom stereocenters. The van der Waals surface area contributed by atoms with Crippen molar-refractivity contribution in [2.75, 3.05) is 0 Å². The minimum atomic E-state index is -1.02. The summed E-state index contributed by atoms with van der Waals surface area (Å²) in [4.78, 5) is 23.0. The summed E-state index contributed by atoms with van der Waals surface area (Å²) in [7, 11) is 1.63. The molecule has 0 aliphatic rings. The molecule has 1 heterocycles. The molecule has 1 N–H and O–H groups in total. The normalized spacial score (nSPS) is 10.7. The van der Waals surface area contributed by atoms with Gasteiger partial charge >= 0.3 is 11.7 Å². The molecule has 7 heteroatoms. The molecule has 0 spiro atoms. The summed E-state index contributed by atoms with van der Waals surface area (Å²) in [6, 6.07) is 4.84. The highest BCUT2D eigenvalue weighted by Gasteiger charge is 2.13. The zero-order valence-corrected chi connectivity index (χ0v) is 12.0. The Morgan fingerprint density at radius 1 is 1.47 bits per heavy atom. The Bertz CT molecular complexity index is 703. The van der Waals surface area contributed by atoms with Gasteiger partial charge in [0.15, 0.2) is 0 Å². The van der Waals surface area contributed by atoms with E-state index in [9.17, 15) is 9.59 Å². The Hall–Kier alpha value is -1.89. The number of rotatable bonds is 3. The molecule has 6 nitrogen and oxygen atoms in total. The highest BCUT2D eigenvalue weighted by molar-refractivity contribution is 9.10. The maximum Gasteiger partial charge on any atom is 0.345 e. The molecule has 2 rings (SSSR count). The van der Waals surface area contributed by atoms with Crippen LogP contribution in [0.15, 0.2) is 27.5 Å². The molecule has 1 aromatic carbocycles. The lowest BCUT2D eigenvalue weighted by atomic mass is 10.1. The number of carboxylic acids is 1. The SMILES string of the molecule is Cc1nn(Cc2cc(Br)ccc2C(=O)O)c(=O)n1C. The molecule has 0 bridgehead atoms. The Kier molecular flexibility index (Phi) is 3.57. The van der Waals surface area contributed by atoms with E-state index in [1.165, 1.54) is 15.3 Å². The van der Waals surface area contributed by atoms with Gasteiger partial charge in [0.25, 0.3) is 0 Å². The summed E-state index contributed by atoms with van der Waals surface area (Å²) < 4.78 is 3.43. The average Bonchev–Trinajstić information content (AvgIpc) is 2.57. The van der Waals surface area contributed by atoms with Crippen molar-refractivity contribution in [2.45, 2.75) is 13.5 Å². The van der Waals surface area contributed by atoms with Gasteiger partial charge in [-0.3, -0.25) is 4.57 Å². The first kappa shape index (κ1) is 13.5. The monoisotopic (exact) mass is 325 g/mol. The molecule has 0 unspecified atom stereocenters. The van der Waals surface area contributed by atoms with Gasteiger partial charge in [-0.25, -0.2) is 14.3 Å². The van der Waals surface area contributed by atoms with Gasteiger partial charge in [0.1, 0.15) is 5.82 Å². The van der Waals surface area contributed by atoms with E-state index < -0.39 is 5.97 Å². The maximum atomic E-state index is 11.9. The Balaban J connectivity index is 2.48. The Morgan fingerprint density at radius 2 is 2.16 bits per heavy atom. The number of hydrogen-bond donors (Lipinski definition) is 1. The topological polar surface area (TPSA) is 77.1 Å². The van der Waals surface area contributed by atoms with Crippen LogP contribution in [0.3, 0.4) is 0 Å². The van der Waals surface area contributed by atoms with Crippen molar-refractivity contribution < 1.29 is 9.90 Å². The summed E-state index contributed by atoms with van der Waals surface area (Å²) in [5.74, 6) is -0.444. The largest absolute Gasteiger partial charge is 0.478 e. The van der Waals surface area contributed by atoms with Gasteiger partial charge in [-0.1, -0.05) is 15.9 Å². The molecule has 0 fully saturated rings. The molecular formula is C12H12BrN3O3. The fourth-order valence-corrected chi connectivity index (χ4v) is 2.17. The number of aryl methyl sites for hydroxylation is 1. The number of carboxylic acid groups (broad SMARTS) is 1. The third-order valence-electron chi connectivity index (χ3n) is 2.88. The second-order valence-electron chi connectivity index (χ2n) is 4.15. The van der Waals surface area contributed by atoms with Crippen molar-refractivity contribution in [3.63, 3.8) is 0 Å². The van der Waals surface area contributed by atoms with Gasteiger partial charge in [-0.05, 0) is 30.7 Å². The predicted molar refractivity (Wildman–Crippen MR) is 72.4 cm³/mol. The number of nitrogens with zero attached hydrogens (tertiary/aromatic N) is 3. The molecule has 19 heavy (non-hydrogen) atoms. The van der Waals surface area contributed by atoms with Crippen LogP contribution in [0.5, 0.6) is 0 Å². The average molecular weight is 326 g/mol. The minimum absolute atomic E-state index is 0.127. The first-order chi connectivity index (χ1) is 8.90. The lowest BCUT2D eigenvalue weighted by Gasteiger charge is -2.06. The van der Waals surface area contributed by atoms with Crippen LogP contribution in [-0.4, -0.2) is 25.4 Å². The van der Waals surface area contributed by atoms with Crippen molar-refractivity contribution in [1.29, 1.82) is 0 Å². The van der Waals surface area contributed by atoms with Gasteiger partial charge in [-0.15, -0.1) is 0 Å². The fraction of sp³-hybridized carbons (Fsp3) is 0.250. The van der Waals surface area contributed by atoms with Crippen LogP contribution >= 0.6 is 15.9 Å². The molecule has 0 aliphatic heterocycles. The van der Waals surface area contributed by atoms with E-state index in [2.05, 4.69) is 21.0 Å². The number of aromatic nitrogens is 3. The van der Waals surface area contributed by atoms with E-state index in [0.717, 1.165) is 4.47 Å². The summed E-state index contributed by atoms with van der Waals surface area (Å²) in [6.45, 7) is 1.85. The van der Waals surface area contributed by atoms with Crippen LogP contribution < -0.4 is 5.69 Å². The fourth-order valence-electron chi connectivity index (χ4n) is 1.76. The van der Waals surface area contributed by atoms with E-state index in [0.29, 0.717) is 11.4 Å². The van der Waals surface area contributed by atoms with E-state index in [4.69, 9.17) is 5.11 Å². The van der Waals surface area contributed by atoms with Crippen LogP contribution in [0, 0.1) is 6.92 Å². The Morgan fingerprint density at radius 3 is 2.68 bits per heavy atom. The smallest absolute Gasteiger partial charge is 0.345 e. The van der Waals surface area contributed by atoms with Crippen molar-refractivity contribution >= 4 is 21.9 Å². The van der Waals surface area contributed by atoms with Gasteiger partial charge in [-0.2, -0.15) is 5.10 Å². The number of aromatic carboxylic acids is 1. The Labute approximate surface area is 117 Å². The molecule has 0 amide bonds. The van der Waals surface area contributed by atoms with Crippen molar-refractivity contribution in [3.05, 3.63) is 50.1 Å². The molecule has 1 aromatic heterocycles. The number of halogens is 1. The quantitative estimate of drug-likeness (QED) is 0.925. The number of carbonyl (C=O) groups is 1. The van der Waals surface area contributed by atoms with Gasteiger partial charge in [0.2, 0.25) is 0 Å². The second-order valence-corrected chi connectivity index (χ2v) is 5.07. The van der Waals surface area contributed by atoms with E-state index >= 15 is 0 Å². The van der Waals surface area contributed by atoms with Crippen LogP contribution in [0.2, 0.25) is 0 Å². The first-order valence-electron chi connectivity index (χ1n) is 5.52. The zero-order chi connectivity index (χ0) is 14.2. The molecule has 0 saturated carbocycles. The molecule has 0 aliphatic carbocycles. The summed E-state index contributed by atoms with van der Waals surface area (Å²) in [6.07, 6.45) is 0. The van der Waals surface area contributed by atoms with E-state index in [-0.39, 0.29) is 17.8 Å². The third-order valence-corrected chi connectivity index (χ3v) is 3.37. The lowest BCUT2D eigenvalue weighted by molar-refractivity contribution is 0.0695. The zero-order valence-electron chi connectivity index (χ0n) is 10.4. The molecular weight excluding hydrogens is 314 g/mol. The van der Waals surface area contributed by atoms with E-state index in [1.54, 1.807) is 26.1 Å². The first-order valence-corrected chi connectivity index (χ1v) is 6.31. The molecule has 2 aromatic rings. The van der Waals surface area contributed by atoms with Crippen molar-refractivity contribution in [2.24, 2.45) is 7.05 Å². The summed E-state index contributed by atoms with van der Waals surface area (Å²) >= 11 is 3.29. The van der Waals surface area contributed by atoms with Gasteiger partial charge < -0.3 is 5.11 Å². The highest BCUT2D eigenvalue weighted by Crippen LogP contribution is 2.17. The van der Waals surface area contributed by atoms with E-state index in [1.807, 2.05) is 0 Å². The summed E-state index contributed by atoms with van der Waals surface area (Å²) in [5.41, 5.74) is 0.425. The van der Waals surface area contributed by atoms with Crippen molar-refractivity contribution in [1.82, 2.24) is 14.3 Å². The number of hydrogen-bond acceptors (Lipinski definition) is 3. The predicted octanol–water partition coefficient (Wildman–Crippen LogP) is 1.40. The summed E-state index contributed by atoms with van der Waals surface area (Å²) in [5, 5.41) is 13.2. The molecule has 0 radical (unpaired) electrons. The van der Waals surface area contributed by atoms with Gasteiger partial charge in [0.05, 0.1) is 12.1 Å². The second kappa shape index (κ2) is 5.00. The maximum absolute atomic E-state index is 11.9. The minimum Gasteiger partial charge on any atom is -0.478 e. The van der Waals surface area contributed by atoms with Crippen LogP contribution in [-0.2, 0) is 13.6 Å². The van der Waals surface area contributed by atoms with Crippen LogP contribution in [0.25, 0.3) is 0 Å². The third kappa shape index (κ3) is 2.60. The van der Waals surface area contributed by atoms with Crippen LogP contribution in [0.4, 0.5) is 0 Å². The number of benzene rings is 1. The lowest BCUT2D eigenvalue weighted by Crippen LogP contribution is -2.24. The standard InChI is InChI=1S/C12H12BrN3O3/c1-7-14-16(12(19)15(7)2)6-8-5-9(13)3-4-10(8)11(17)18/h3-5H,6H2,1-2H3,(H,17,18). The molecule has 100 valence electrons. The van der Waals surface area contributed by atoms with Gasteiger partial charge in [0, 0.05) is 11.5 Å².